The van der Waals surface area contributed by atoms with Crippen molar-refractivity contribution < 1.29 is 4.79 Å². The fourth-order valence-electron chi connectivity index (χ4n) is 2.28. The molecule has 0 atom stereocenters. The lowest BCUT2D eigenvalue weighted by Gasteiger charge is -2.18. The van der Waals surface area contributed by atoms with Gasteiger partial charge in [-0.15, -0.1) is 0 Å². The quantitative estimate of drug-likeness (QED) is 0.799. The molecule has 120 valence electrons. The summed E-state index contributed by atoms with van der Waals surface area (Å²) in [4.78, 5) is 26.5. The highest BCUT2D eigenvalue weighted by molar-refractivity contribution is 6.04. The van der Waals surface area contributed by atoms with Gasteiger partial charge in [0.1, 0.15) is 6.33 Å². The van der Waals surface area contributed by atoms with Crippen LogP contribution >= 0.6 is 0 Å². The van der Waals surface area contributed by atoms with E-state index in [-0.39, 0.29) is 5.91 Å². The molecule has 1 N–H and O–H groups in total. The molecule has 0 saturated heterocycles. The second kappa shape index (κ2) is 6.87. The number of benzene rings is 1. The highest BCUT2D eigenvalue weighted by Gasteiger charge is 2.09. The second-order valence-corrected chi connectivity index (χ2v) is 5.41. The summed E-state index contributed by atoms with van der Waals surface area (Å²) < 4.78 is 0. The number of nitrogens with zero attached hydrogens (tertiary/aromatic N) is 4. The monoisotopic (exact) mass is 319 g/mol. The molecule has 24 heavy (non-hydrogen) atoms. The van der Waals surface area contributed by atoms with Crippen LogP contribution in [0.25, 0.3) is 0 Å². The minimum absolute atomic E-state index is 0.164. The van der Waals surface area contributed by atoms with E-state index in [4.69, 9.17) is 0 Å². The Morgan fingerprint density at radius 3 is 2.50 bits per heavy atom. The number of rotatable bonds is 4. The minimum Gasteiger partial charge on any atom is -0.341 e. The van der Waals surface area contributed by atoms with Crippen molar-refractivity contribution in [3.05, 3.63) is 72.6 Å². The maximum atomic E-state index is 12.3. The minimum atomic E-state index is -0.164. The number of carbonyl (C=O) groups is 1. The maximum absolute atomic E-state index is 12.3. The fraction of sp³-hybridized carbons (Fsp3) is 0.111. The van der Waals surface area contributed by atoms with Crippen LogP contribution in [0.5, 0.6) is 0 Å². The predicted molar refractivity (Wildman–Crippen MR) is 93.5 cm³/mol. The zero-order valence-electron chi connectivity index (χ0n) is 13.5. The Hall–Kier alpha value is -3.28. The van der Waals surface area contributed by atoms with Crippen molar-refractivity contribution in [3.8, 4) is 0 Å². The fourth-order valence-corrected chi connectivity index (χ4v) is 2.28. The first-order valence-electron chi connectivity index (χ1n) is 7.45. The van der Waals surface area contributed by atoms with Gasteiger partial charge in [-0.1, -0.05) is 17.7 Å². The molecule has 6 heteroatoms. The van der Waals surface area contributed by atoms with Gasteiger partial charge in [0.25, 0.3) is 5.91 Å². The van der Waals surface area contributed by atoms with E-state index in [9.17, 15) is 4.79 Å². The van der Waals surface area contributed by atoms with Crippen LogP contribution in [0.4, 0.5) is 17.1 Å². The lowest BCUT2D eigenvalue weighted by molar-refractivity contribution is 0.102. The highest BCUT2D eigenvalue weighted by atomic mass is 16.1. The molecule has 0 aliphatic carbocycles. The van der Waals surface area contributed by atoms with E-state index < -0.39 is 0 Å². The molecule has 0 saturated carbocycles. The second-order valence-electron chi connectivity index (χ2n) is 5.41. The lowest BCUT2D eigenvalue weighted by atomic mass is 10.1. The van der Waals surface area contributed by atoms with E-state index in [1.54, 1.807) is 30.9 Å². The molecule has 0 unspecified atom stereocenters. The van der Waals surface area contributed by atoms with Crippen LogP contribution in [-0.2, 0) is 0 Å². The topological polar surface area (TPSA) is 71.0 Å². The average molecular weight is 319 g/mol. The molecule has 1 aromatic carbocycles. The van der Waals surface area contributed by atoms with Crippen molar-refractivity contribution in [2.45, 2.75) is 6.92 Å². The van der Waals surface area contributed by atoms with Gasteiger partial charge in [-0.2, -0.15) is 0 Å². The van der Waals surface area contributed by atoms with E-state index in [0.29, 0.717) is 11.3 Å². The van der Waals surface area contributed by atoms with Gasteiger partial charge in [0, 0.05) is 12.6 Å². The molecule has 0 radical (unpaired) electrons. The van der Waals surface area contributed by atoms with Crippen molar-refractivity contribution >= 4 is 23.0 Å². The summed E-state index contributed by atoms with van der Waals surface area (Å²) in [5.41, 5.74) is 3.94. The molecule has 3 rings (SSSR count). The Morgan fingerprint density at radius 1 is 1.00 bits per heavy atom. The van der Waals surface area contributed by atoms with E-state index >= 15 is 0 Å². The van der Waals surface area contributed by atoms with E-state index in [1.807, 2.05) is 43.1 Å². The van der Waals surface area contributed by atoms with Crippen molar-refractivity contribution in [1.29, 1.82) is 0 Å². The van der Waals surface area contributed by atoms with Crippen molar-refractivity contribution in [2.75, 3.05) is 17.3 Å². The smallest absolute Gasteiger partial charge is 0.255 e. The Kier molecular flexibility index (Phi) is 4.47. The van der Waals surface area contributed by atoms with Gasteiger partial charge in [-0.3, -0.25) is 9.78 Å². The molecule has 0 aliphatic rings. The van der Waals surface area contributed by atoms with Crippen LogP contribution in [0.15, 0.2) is 61.4 Å². The number of hydrogen-bond acceptors (Lipinski definition) is 5. The molecular weight excluding hydrogens is 302 g/mol. The summed E-state index contributed by atoms with van der Waals surface area (Å²) in [5.74, 6) is -0.164. The standard InChI is InChI=1S/C18H17N5O/c1-13-4-3-5-14(6-13)18(24)22-15-7-16(9-19-8-15)23(2)17-10-20-12-21-11-17/h3-12H,1-2H3,(H,22,24). The van der Waals surface area contributed by atoms with Gasteiger partial charge in [-0.05, 0) is 25.1 Å². The van der Waals surface area contributed by atoms with Crippen LogP contribution in [0.2, 0.25) is 0 Å². The molecule has 0 aliphatic heterocycles. The Balaban J connectivity index is 1.79. The number of amides is 1. The molecule has 2 aromatic heterocycles. The summed E-state index contributed by atoms with van der Waals surface area (Å²) in [6.45, 7) is 1.95. The number of aryl methyl sites for hydroxylation is 1. The summed E-state index contributed by atoms with van der Waals surface area (Å²) in [7, 11) is 1.89. The zero-order valence-corrected chi connectivity index (χ0v) is 13.5. The van der Waals surface area contributed by atoms with Crippen LogP contribution in [-0.4, -0.2) is 27.9 Å². The number of nitrogens with one attached hydrogen (secondary N) is 1. The molecular formula is C18H17N5O. The summed E-state index contributed by atoms with van der Waals surface area (Å²) in [5, 5.41) is 2.87. The van der Waals surface area contributed by atoms with E-state index in [2.05, 4.69) is 20.3 Å². The van der Waals surface area contributed by atoms with Crippen molar-refractivity contribution in [3.63, 3.8) is 0 Å². The van der Waals surface area contributed by atoms with Gasteiger partial charge >= 0.3 is 0 Å². The number of pyridine rings is 1. The number of carbonyl (C=O) groups excluding carboxylic acids is 1. The highest BCUT2D eigenvalue weighted by Crippen LogP contribution is 2.23. The zero-order chi connectivity index (χ0) is 16.9. The molecule has 2 heterocycles. The first kappa shape index (κ1) is 15.6. The van der Waals surface area contributed by atoms with Gasteiger partial charge in [0.05, 0.1) is 41.8 Å². The third kappa shape index (κ3) is 3.55. The Labute approximate surface area is 140 Å². The first-order chi connectivity index (χ1) is 11.6. The van der Waals surface area contributed by atoms with E-state index in [1.165, 1.54) is 6.33 Å². The number of aromatic nitrogens is 3. The Morgan fingerprint density at radius 2 is 1.75 bits per heavy atom. The average Bonchev–Trinajstić information content (AvgIpc) is 2.62. The van der Waals surface area contributed by atoms with Crippen molar-refractivity contribution in [1.82, 2.24) is 15.0 Å². The predicted octanol–water partition coefficient (Wildman–Crippen LogP) is 3.20. The molecule has 0 bridgehead atoms. The van der Waals surface area contributed by atoms with Gasteiger partial charge in [0.2, 0.25) is 0 Å². The maximum Gasteiger partial charge on any atom is 0.255 e. The Bertz CT molecular complexity index is 851. The first-order valence-corrected chi connectivity index (χ1v) is 7.45. The lowest BCUT2D eigenvalue weighted by Crippen LogP contribution is -2.14. The third-order valence-corrected chi connectivity index (χ3v) is 3.58. The van der Waals surface area contributed by atoms with Crippen LogP contribution < -0.4 is 10.2 Å². The summed E-state index contributed by atoms with van der Waals surface area (Å²) in [6, 6.07) is 9.30. The number of anilines is 3. The SMILES string of the molecule is Cc1cccc(C(=O)Nc2cncc(N(C)c3cncnc3)c2)c1. The molecule has 0 spiro atoms. The third-order valence-electron chi connectivity index (χ3n) is 3.58. The van der Waals surface area contributed by atoms with Crippen molar-refractivity contribution in [2.24, 2.45) is 0 Å². The number of hydrogen-bond donors (Lipinski definition) is 1. The molecule has 0 fully saturated rings. The van der Waals surface area contributed by atoms with E-state index in [0.717, 1.165) is 16.9 Å². The summed E-state index contributed by atoms with van der Waals surface area (Å²) >= 11 is 0. The molecule has 3 aromatic rings. The van der Waals surface area contributed by atoms with Gasteiger partial charge < -0.3 is 10.2 Å². The van der Waals surface area contributed by atoms with Gasteiger partial charge in [-0.25, -0.2) is 9.97 Å². The normalized spacial score (nSPS) is 10.2. The van der Waals surface area contributed by atoms with Gasteiger partial charge in [0.15, 0.2) is 0 Å². The summed E-state index contributed by atoms with van der Waals surface area (Å²) in [6.07, 6.45) is 8.24. The van der Waals surface area contributed by atoms with Crippen LogP contribution in [0, 0.1) is 6.92 Å². The molecule has 6 nitrogen and oxygen atoms in total. The van der Waals surface area contributed by atoms with Crippen LogP contribution in [0.1, 0.15) is 15.9 Å². The largest absolute Gasteiger partial charge is 0.341 e. The molecule has 1 amide bonds. The van der Waals surface area contributed by atoms with Crippen LogP contribution in [0.3, 0.4) is 0 Å².